The van der Waals surface area contributed by atoms with Crippen LogP contribution in [0.3, 0.4) is 0 Å². The van der Waals surface area contributed by atoms with Crippen molar-refractivity contribution in [3.05, 3.63) is 91.3 Å². The van der Waals surface area contributed by atoms with Crippen LogP contribution in [-0.4, -0.2) is 17.8 Å². The predicted molar refractivity (Wildman–Crippen MR) is 183 cm³/mol. The van der Waals surface area contributed by atoms with E-state index in [1.807, 2.05) is 0 Å². The molecular weight excluding hydrogens is 817 g/mol. The van der Waals surface area contributed by atoms with Gasteiger partial charge >= 0.3 is 30.1 Å². The summed E-state index contributed by atoms with van der Waals surface area (Å²) in [6.45, 7) is 3.36. The van der Waals surface area contributed by atoms with E-state index in [-0.39, 0.29) is 45.5 Å². The maximum Gasteiger partial charge on any atom is 0.425 e. The molecule has 51 heavy (non-hydrogen) atoms. The molecule has 6 aromatic rings. The van der Waals surface area contributed by atoms with Crippen LogP contribution in [0.15, 0.2) is 59.3 Å². The molecule has 0 aromatic carbocycles. The third kappa shape index (κ3) is 5.93. The van der Waals surface area contributed by atoms with Crippen LogP contribution < -0.4 is 0 Å². The van der Waals surface area contributed by atoms with Crippen molar-refractivity contribution in [2.75, 3.05) is 0 Å². The highest BCUT2D eigenvalue weighted by Crippen LogP contribution is 2.68. The van der Waals surface area contributed by atoms with Crippen LogP contribution in [-0.2, 0) is 12.4 Å². The van der Waals surface area contributed by atoms with E-state index in [4.69, 9.17) is 0 Å². The van der Waals surface area contributed by atoms with Crippen molar-refractivity contribution in [2.45, 2.75) is 44.0 Å². The van der Waals surface area contributed by atoms with Crippen molar-refractivity contribution in [3.8, 4) is 39.0 Å². The summed E-state index contributed by atoms with van der Waals surface area (Å²) >= 11 is 4.28. The lowest BCUT2D eigenvalue weighted by molar-refractivity contribution is -0.254. The van der Waals surface area contributed by atoms with E-state index in [0.717, 1.165) is 57.9 Å². The van der Waals surface area contributed by atoms with Gasteiger partial charge in [0.15, 0.2) is 0 Å². The summed E-state index contributed by atoms with van der Waals surface area (Å²) in [5.41, 5.74) is -5.40. The van der Waals surface area contributed by atoms with Gasteiger partial charge < -0.3 is 0 Å². The first-order valence-electron chi connectivity index (χ1n) is 14.2. The highest BCUT2D eigenvalue weighted by Gasteiger charge is 2.80. The summed E-state index contributed by atoms with van der Waals surface area (Å²) in [6, 6.07) is 8.97. The smallest absolute Gasteiger partial charge is 0.194 e. The first-order valence-corrected chi connectivity index (χ1v) is 19.3. The van der Waals surface area contributed by atoms with E-state index in [1.165, 1.54) is 6.07 Å². The van der Waals surface area contributed by atoms with E-state index >= 15 is 26.3 Å². The standard InChI is InChI=1S/C33H16F12S6/c1-13-7-20(46-11-13)22-9-17(28(50-22)19-5-6-24(49-19)32(41,42)43)26-25(29(34,35)33(44,45)30(26,36)37)16-10-23(21-8-15(12-47-21)31(38,39)40)51-27(16)18-4-3-14(2)48-18/h3-12H,1-2H3. The number of hydrogen-bond donors (Lipinski definition) is 0. The first-order chi connectivity index (χ1) is 23.6. The summed E-state index contributed by atoms with van der Waals surface area (Å²) < 4.78 is 178. The second kappa shape index (κ2) is 12.1. The van der Waals surface area contributed by atoms with Crippen molar-refractivity contribution in [3.63, 3.8) is 0 Å². The molecule has 6 heterocycles. The van der Waals surface area contributed by atoms with Crippen LogP contribution in [0.4, 0.5) is 52.7 Å². The minimum absolute atomic E-state index is 0.0684. The van der Waals surface area contributed by atoms with E-state index < -0.39 is 62.8 Å². The number of rotatable bonds is 6. The third-order valence-corrected chi connectivity index (χ3v) is 15.0. The Balaban J connectivity index is 1.56. The molecule has 268 valence electrons. The highest BCUT2D eigenvalue weighted by atomic mass is 32.1. The van der Waals surface area contributed by atoms with Gasteiger partial charge in [-0.1, -0.05) is 0 Å². The molecule has 0 N–H and O–H groups in total. The van der Waals surface area contributed by atoms with Gasteiger partial charge in [-0.05, 0) is 73.3 Å². The zero-order chi connectivity index (χ0) is 37.1. The fraction of sp³-hybridized carbons (Fsp3) is 0.212. The fourth-order valence-electron chi connectivity index (χ4n) is 5.54. The second-order valence-corrected chi connectivity index (χ2v) is 17.7. The number of thiophene rings is 6. The van der Waals surface area contributed by atoms with Gasteiger partial charge in [0.25, 0.3) is 0 Å². The largest absolute Gasteiger partial charge is 0.425 e. The summed E-state index contributed by atoms with van der Waals surface area (Å²) in [4.78, 5) is -0.589. The highest BCUT2D eigenvalue weighted by molar-refractivity contribution is 7.27. The molecule has 0 aliphatic heterocycles. The maximum atomic E-state index is 16.2. The average Bonchev–Trinajstić information content (AvgIpc) is 3.86. The minimum Gasteiger partial charge on any atom is -0.194 e. The number of allylic oxidation sites excluding steroid dienone is 2. The number of halogens is 12. The van der Waals surface area contributed by atoms with Crippen LogP contribution in [0, 0.1) is 13.8 Å². The van der Waals surface area contributed by atoms with E-state index in [2.05, 4.69) is 0 Å². The molecule has 0 radical (unpaired) electrons. The molecule has 0 unspecified atom stereocenters. The zero-order valence-electron chi connectivity index (χ0n) is 25.3. The number of alkyl halides is 12. The summed E-state index contributed by atoms with van der Waals surface area (Å²) in [6.07, 6.45) is -9.60. The quantitative estimate of drug-likeness (QED) is 0.147. The lowest BCUT2D eigenvalue weighted by Gasteiger charge is -2.25. The molecule has 1 aliphatic carbocycles. The van der Waals surface area contributed by atoms with Gasteiger partial charge in [-0.3, -0.25) is 0 Å². The predicted octanol–water partition coefficient (Wildman–Crippen LogP) is 15.2. The second-order valence-electron chi connectivity index (χ2n) is 11.4. The Morgan fingerprint density at radius 3 is 1.45 bits per heavy atom. The Morgan fingerprint density at radius 2 is 1.02 bits per heavy atom. The van der Waals surface area contributed by atoms with Gasteiger partial charge in [0.05, 0.1) is 15.3 Å². The number of hydrogen-bond acceptors (Lipinski definition) is 6. The molecule has 0 spiro atoms. The van der Waals surface area contributed by atoms with Crippen LogP contribution >= 0.6 is 68.0 Å². The molecule has 18 heteroatoms. The van der Waals surface area contributed by atoms with Gasteiger partial charge in [-0.25, -0.2) is 0 Å². The summed E-state index contributed by atoms with van der Waals surface area (Å²) in [5, 5.41) is 2.47. The van der Waals surface area contributed by atoms with E-state index in [9.17, 15) is 26.3 Å². The van der Waals surface area contributed by atoms with Crippen LogP contribution in [0.25, 0.3) is 50.2 Å². The molecule has 0 saturated carbocycles. The Hall–Kier alpha value is -2.90. The van der Waals surface area contributed by atoms with Gasteiger partial charge in [0, 0.05) is 61.8 Å². The molecule has 0 nitrogen and oxygen atoms in total. The molecule has 0 saturated heterocycles. The molecule has 7 rings (SSSR count). The van der Waals surface area contributed by atoms with Crippen LogP contribution in [0.5, 0.6) is 0 Å². The monoisotopic (exact) mass is 832 g/mol. The normalized spacial score (nSPS) is 17.2. The third-order valence-electron chi connectivity index (χ3n) is 7.89. The topological polar surface area (TPSA) is 0 Å². The van der Waals surface area contributed by atoms with Gasteiger partial charge in [0.2, 0.25) is 0 Å². The van der Waals surface area contributed by atoms with Gasteiger partial charge in [-0.2, -0.15) is 52.7 Å². The average molecular weight is 833 g/mol. The van der Waals surface area contributed by atoms with Crippen molar-refractivity contribution in [2.24, 2.45) is 0 Å². The first kappa shape index (κ1) is 36.5. The fourth-order valence-corrected chi connectivity index (χ4v) is 11.9. The SMILES string of the molecule is Cc1csc(-c2cc(C3=C(c4cc(-c5cc(C(F)(F)F)cs5)sc4-c4ccc(C)s4)C(F)(F)C(F)(F)C3(F)F)c(-c3ccc(C(F)(F)F)s3)s2)c1. The molecular formula is C33H16F12S6. The Labute approximate surface area is 304 Å². The Morgan fingerprint density at radius 1 is 0.510 bits per heavy atom. The van der Waals surface area contributed by atoms with E-state index in [1.54, 1.807) is 31.4 Å². The zero-order valence-corrected chi connectivity index (χ0v) is 30.2. The molecule has 6 aromatic heterocycles. The van der Waals surface area contributed by atoms with Gasteiger partial charge in [-0.15, -0.1) is 68.0 Å². The lowest BCUT2D eigenvalue weighted by Crippen LogP contribution is -2.48. The summed E-state index contributed by atoms with van der Waals surface area (Å²) in [5.74, 6) is -17.1. The Bertz CT molecular complexity index is 2310. The van der Waals surface area contributed by atoms with E-state index in [0.29, 0.717) is 49.8 Å². The molecule has 0 amide bonds. The van der Waals surface area contributed by atoms with Crippen LogP contribution in [0.2, 0.25) is 0 Å². The van der Waals surface area contributed by atoms with Crippen molar-refractivity contribution < 1.29 is 52.7 Å². The van der Waals surface area contributed by atoms with Gasteiger partial charge in [0.1, 0.15) is 4.88 Å². The van der Waals surface area contributed by atoms with Crippen molar-refractivity contribution in [1.82, 2.24) is 0 Å². The number of aryl methyl sites for hydroxylation is 2. The Kier molecular flexibility index (Phi) is 8.62. The summed E-state index contributed by atoms with van der Waals surface area (Å²) in [7, 11) is 0. The van der Waals surface area contributed by atoms with Crippen molar-refractivity contribution >= 4 is 79.2 Å². The molecule has 0 bridgehead atoms. The minimum atomic E-state index is -6.01. The molecule has 1 aliphatic rings. The maximum absolute atomic E-state index is 16.2. The molecule has 0 atom stereocenters. The van der Waals surface area contributed by atoms with Crippen molar-refractivity contribution in [1.29, 1.82) is 0 Å². The lowest BCUT2D eigenvalue weighted by atomic mass is 9.94. The van der Waals surface area contributed by atoms with Crippen LogP contribution in [0.1, 0.15) is 32.0 Å². The molecule has 0 fully saturated rings.